The number of aryl methyl sites for hydroxylation is 2. The fourth-order valence-corrected chi connectivity index (χ4v) is 15.2. The van der Waals surface area contributed by atoms with Crippen LogP contribution in [0.15, 0.2) is 150 Å². The molecule has 9 nitrogen and oxygen atoms in total. The molecule has 11 aromatic rings. The maximum Gasteiger partial charge on any atom is 0.106 e. The number of H-pyrrole nitrogens is 2. The Morgan fingerprint density at radius 2 is 0.773 bits per heavy atom. The number of thiophene rings is 1. The Balaban J connectivity index is 0.000000283. The van der Waals surface area contributed by atoms with Crippen LogP contribution in [0.2, 0.25) is 0 Å². The summed E-state index contributed by atoms with van der Waals surface area (Å²) in [6.07, 6.45) is 5.12. The van der Waals surface area contributed by atoms with Crippen molar-refractivity contribution in [3.63, 3.8) is 0 Å². The molecular formula is C109H168N8OS. The van der Waals surface area contributed by atoms with Gasteiger partial charge in [0.25, 0.3) is 0 Å². The van der Waals surface area contributed by atoms with Crippen molar-refractivity contribution < 1.29 is 4.42 Å². The number of pyridine rings is 2. The maximum atomic E-state index is 5.61. The van der Waals surface area contributed by atoms with E-state index in [1.807, 2.05) is 35.5 Å². The van der Waals surface area contributed by atoms with Crippen molar-refractivity contribution in [1.82, 2.24) is 40.2 Å². The first-order valence-electron chi connectivity index (χ1n) is 45.8. The largest absolute Gasteiger partial charge is 0.466 e. The van der Waals surface area contributed by atoms with Gasteiger partial charge in [0.15, 0.2) is 0 Å². The molecule has 7 aromatic heterocycles. The Morgan fingerprint density at radius 1 is 0.370 bits per heavy atom. The van der Waals surface area contributed by atoms with E-state index in [4.69, 9.17) is 4.42 Å². The summed E-state index contributed by atoms with van der Waals surface area (Å²) in [5.74, 6) is 14.0. The van der Waals surface area contributed by atoms with Gasteiger partial charge in [-0.1, -0.05) is 322 Å². The van der Waals surface area contributed by atoms with Crippen molar-refractivity contribution in [2.24, 2.45) is 24.8 Å². The van der Waals surface area contributed by atoms with Crippen LogP contribution in [0.1, 0.15) is 450 Å². The average Bonchev–Trinajstić information content (AvgIpc) is 1.79. The second kappa shape index (κ2) is 50.1. The smallest absolute Gasteiger partial charge is 0.106 e. The monoisotopic (exact) mass is 1640 g/mol. The molecule has 4 aromatic carbocycles. The van der Waals surface area contributed by atoms with Crippen LogP contribution in [0, 0.1) is 31.6 Å². The van der Waals surface area contributed by atoms with E-state index in [0.29, 0.717) is 94.7 Å². The van der Waals surface area contributed by atoms with E-state index in [1.165, 1.54) is 117 Å². The van der Waals surface area contributed by atoms with Crippen molar-refractivity contribution in [1.29, 1.82) is 0 Å². The minimum Gasteiger partial charge on any atom is -0.466 e. The lowest BCUT2D eigenvalue weighted by Gasteiger charge is -2.15. The third kappa shape index (κ3) is 33.6. The summed E-state index contributed by atoms with van der Waals surface area (Å²) in [5.41, 5.74) is 20.8. The molecular weight excluding hydrogens is 1470 g/mol. The molecule has 0 bridgehead atoms. The first kappa shape index (κ1) is 104. The molecule has 1 aliphatic heterocycles. The number of hydrogen-bond donors (Lipinski definition) is 3. The second-order valence-corrected chi connectivity index (χ2v) is 40.4. The molecule has 0 aliphatic carbocycles. The van der Waals surface area contributed by atoms with E-state index in [-0.39, 0.29) is 0 Å². The van der Waals surface area contributed by atoms with E-state index < -0.39 is 0 Å². The SMILES string of the molecule is CC(C)C1CNC(C(C)C)C1.CC(C)c1cc(C(C)C)[nH]n1.CC(C)c1cc(C(C)C)n(C)n1.CC(C)c1ccc(C(C)C)o1.CC(C)c1ccc(C(C)C)s1.CC(C)c1ccc2cc(C(C)C)ccc2c1.CC(C)c1ccc2ccc(C(C)C)cc2c1.CC(C)c1ccnc(-c2cc(C(C)C)ccn2)c1.Cc1[nH]c(C(C)C)c(C)c1C(C)C. The number of hydrogen-bond acceptors (Lipinski definition) is 7. The van der Waals surface area contributed by atoms with Gasteiger partial charge in [0, 0.05) is 69.8 Å². The number of benzene rings is 4. The molecule has 1 aliphatic rings. The molecule has 12 rings (SSSR count). The first-order valence-corrected chi connectivity index (χ1v) is 46.7. The zero-order chi connectivity index (χ0) is 89.7. The molecule has 656 valence electrons. The van der Waals surface area contributed by atoms with Crippen LogP contribution in [0.25, 0.3) is 32.9 Å². The number of rotatable bonds is 19. The molecule has 8 heterocycles. The quantitative estimate of drug-likeness (QED) is 0.0743. The van der Waals surface area contributed by atoms with Crippen molar-refractivity contribution >= 4 is 32.9 Å². The molecule has 119 heavy (non-hydrogen) atoms. The Labute approximate surface area is 731 Å². The summed E-state index contributed by atoms with van der Waals surface area (Å²) in [5, 5.41) is 20.7. The second-order valence-electron chi connectivity index (χ2n) is 39.2. The fourth-order valence-electron chi connectivity index (χ4n) is 14.2. The molecule has 2 unspecified atom stereocenters. The molecule has 3 N–H and O–H groups in total. The maximum absolute atomic E-state index is 5.61. The summed E-state index contributed by atoms with van der Waals surface area (Å²) in [4.78, 5) is 15.4. The van der Waals surface area contributed by atoms with Gasteiger partial charge >= 0.3 is 0 Å². The van der Waals surface area contributed by atoms with Gasteiger partial charge in [0.1, 0.15) is 11.5 Å². The minimum atomic E-state index is 0.502. The highest BCUT2D eigenvalue weighted by Crippen LogP contribution is 2.34. The number of fused-ring (bicyclic) bond motifs is 2. The fraction of sp³-hybridized carbons (Fsp3) is 0.560. The molecule has 1 fully saturated rings. The molecule has 1 saturated heterocycles. The Kier molecular flexibility index (Phi) is 43.6. The predicted octanol–water partition coefficient (Wildman–Crippen LogP) is 33.6. The van der Waals surface area contributed by atoms with Crippen LogP contribution in [0.3, 0.4) is 0 Å². The third-order valence-electron chi connectivity index (χ3n) is 22.8. The van der Waals surface area contributed by atoms with Crippen LogP contribution in [-0.4, -0.2) is 47.5 Å². The Hall–Kier alpha value is -7.66. The lowest BCUT2D eigenvalue weighted by molar-refractivity contribution is 0.387. The molecule has 0 radical (unpaired) electrons. The van der Waals surface area contributed by atoms with Crippen molar-refractivity contribution in [3.05, 3.63) is 246 Å². The highest BCUT2D eigenvalue weighted by molar-refractivity contribution is 7.12. The van der Waals surface area contributed by atoms with Crippen LogP contribution in [0.4, 0.5) is 0 Å². The van der Waals surface area contributed by atoms with Crippen LogP contribution in [0.5, 0.6) is 0 Å². The minimum absolute atomic E-state index is 0.502. The predicted molar refractivity (Wildman–Crippen MR) is 525 cm³/mol. The highest BCUT2D eigenvalue weighted by Gasteiger charge is 2.28. The zero-order valence-electron chi connectivity index (χ0n) is 82.4. The summed E-state index contributed by atoms with van der Waals surface area (Å²) in [6, 6.07) is 49.4. The van der Waals surface area contributed by atoms with Crippen LogP contribution in [-0.2, 0) is 7.05 Å². The normalized spacial score (nSPS) is 13.4. The standard InChI is InChI=1S/C16H20N2.2C16H20.C12H21N.C10H18N2.C10H21N.C10H16O.C10H16S.C9H16N2/c1-11(2)13-5-7-17-15(9-13)16-10-14(12(3)4)6-8-18-16;1-11(2)13-5-7-16-10-14(12(3)4)6-8-15(16)9-13;1-11(2)14-7-5-13-6-8-15(12(3)4)10-16(13)9-14;1-7(2)11-9(5)12(8(3)4)13-10(11)6;1-7(2)9-6-10(8(3)4)12(5)11-9;1-7(2)9-5-10(8(3)4)11-6-9;2*1-7(2)9-5-6-10(11-9)8(3)4;1-6(2)8-5-9(7(3)4)11-10-8/h5-12H,1-4H3;2*5-12H,1-4H3;7-8,13H,1-6H3;6-8H,1-5H3;7-11H,5-6H2,1-4H3;2*5-8H,1-4H3;5-7H,1-4H3,(H,10,11). The number of nitrogens with one attached hydrogen (secondary N) is 3. The number of aromatic amines is 2. The lowest BCUT2D eigenvalue weighted by Crippen LogP contribution is -2.26. The van der Waals surface area contributed by atoms with E-state index in [0.717, 1.165) is 52.4 Å². The third-order valence-corrected chi connectivity index (χ3v) is 24.4. The molecule has 0 amide bonds. The van der Waals surface area contributed by atoms with E-state index >= 15 is 0 Å². The summed E-state index contributed by atoms with van der Waals surface area (Å²) >= 11 is 1.95. The Morgan fingerprint density at radius 3 is 1.03 bits per heavy atom. The topological polar surface area (TPSA) is 113 Å². The van der Waals surface area contributed by atoms with Crippen LogP contribution >= 0.6 is 11.3 Å². The van der Waals surface area contributed by atoms with E-state index in [2.05, 4.69) is 432 Å². The first-order chi connectivity index (χ1) is 55.6. The van der Waals surface area contributed by atoms with Gasteiger partial charge in [0.05, 0.1) is 22.8 Å². The summed E-state index contributed by atoms with van der Waals surface area (Å²) in [6.45, 7) is 85.5. The van der Waals surface area contributed by atoms with Crippen LogP contribution < -0.4 is 5.32 Å². The van der Waals surface area contributed by atoms with Gasteiger partial charge in [-0.3, -0.25) is 19.7 Å². The highest BCUT2D eigenvalue weighted by atomic mass is 32.1. The van der Waals surface area contributed by atoms with Crippen molar-refractivity contribution in [2.75, 3.05) is 6.54 Å². The van der Waals surface area contributed by atoms with Gasteiger partial charge in [-0.2, -0.15) is 10.2 Å². The van der Waals surface area contributed by atoms with Crippen molar-refractivity contribution in [3.8, 4) is 11.4 Å². The van der Waals surface area contributed by atoms with Gasteiger partial charge in [-0.15, -0.1) is 11.3 Å². The van der Waals surface area contributed by atoms with Gasteiger partial charge in [-0.25, -0.2) is 0 Å². The molecule has 0 saturated carbocycles. The number of nitrogens with zero attached hydrogens (tertiary/aromatic N) is 5. The number of aromatic nitrogens is 7. The molecule has 0 spiro atoms. The van der Waals surface area contributed by atoms with Gasteiger partial charge < -0.3 is 14.7 Å². The van der Waals surface area contributed by atoms with Gasteiger partial charge in [-0.05, 0) is 254 Å². The van der Waals surface area contributed by atoms with Crippen molar-refractivity contribution in [2.45, 2.75) is 370 Å². The lowest BCUT2D eigenvalue weighted by atomic mass is 9.90. The molecule has 10 heteroatoms. The van der Waals surface area contributed by atoms with Gasteiger partial charge in [0.2, 0.25) is 0 Å². The van der Waals surface area contributed by atoms with E-state index in [1.54, 1.807) is 0 Å². The van der Waals surface area contributed by atoms with E-state index in [9.17, 15) is 0 Å². The molecule has 2 atom stereocenters. The average molecular weight is 1640 g/mol. The summed E-state index contributed by atoms with van der Waals surface area (Å²) < 4.78 is 7.59. The number of furan rings is 1. The summed E-state index contributed by atoms with van der Waals surface area (Å²) in [7, 11) is 2.02. The Bertz CT molecular complexity index is 4330. The zero-order valence-corrected chi connectivity index (χ0v) is 83.2.